The van der Waals surface area contributed by atoms with Crippen LogP contribution in [0.5, 0.6) is 0 Å². The number of sulfonamides is 1. The number of rotatable bonds is 8. The number of ketones is 1. The highest BCUT2D eigenvalue weighted by molar-refractivity contribution is 7.89. The molecule has 6 nitrogen and oxygen atoms in total. The minimum Gasteiger partial charge on any atom is -0.465 e. The number of aryl methyl sites for hydroxylation is 1. The molecule has 1 N–H and O–H groups in total. The first-order valence-electron chi connectivity index (χ1n) is 7.51. The average molecular weight is 341 g/mol. The van der Waals surface area contributed by atoms with Crippen molar-refractivity contribution in [1.82, 2.24) is 4.72 Å². The zero-order valence-electron chi connectivity index (χ0n) is 13.8. The van der Waals surface area contributed by atoms with Crippen LogP contribution in [0.3, 0.4) is 0 Å². The smallest absolute Gasteiger partial charge is 0.324 e. The normalized spacial score (nSPS) is 14.1. The average Bonchev–Trinajstić information content (AvgIpc) is 2.51. The van der Waals surface area contributed by atoms with Crippen LogP contribution in [0.25, 0.3) is 0 Å². The van der Waals surface area contributed by atoms with Crippen LogP contribution in [0.4, 0.5) is 0 Å². The first-order chi connectivity index (χ1) is 10.7. The molecule has 1 rings (SSSR count). The highest BCUT2D eigenvalue weighted by atomic mass is 32.2. The summed E-state index contributed by atoms with van der Waals surface area (Å²) in [5.74, 6) is -1.77. The number of hydrogen-bond acceptors (Lipinski definition) is 5. The van der Waals surface area contributed by atoms with Gasteiger partial charge in [-0.15, -0.1) is 0 Å². The second-order valence-corrected chi connectivity index (χ2v) is 6.99. The number of Topliss-reactive ketones (excluding diaryl/α,β-unsaturated/α-hetero) is 1. The Hall–Kier alpha value is -1.73. The van der Waals surface area contributed by atoms with Gasteiger partial charge >= 0.3 is 5.97 Å². The molecule has 0 saturated carbocycles. The first-order valence-corrected chi connectivity index (χ1v) is 8.99. The predicted molar refractivity (Wildman–Crippen MR) is 86.4 cm³/mol. The number of esters is 1. The topological polar surface area (TPSA) is 89.5 Å². The van der Waals surface area contributed by atoms with Crippen LogP contribution in [-0.4, -0.2) is 32.8 Å². The van der Waals surface area contributed by atoms with Crippen molar-refractivity contribution >= 4 is 21.8 Å². The van der Waals surface area contributed by atoms with Crippen LogP contribution in [-0.2, 0) is 24.3 Å². The molecule has 23 heavy (non-hydrogen) atoms. The van der Waals surface area contributed by atoms with Gasteiger partial charge in [-0.3, -0.25) is 9.59 Å². The molecule has 1 aromatic carbocycles. The Morgan fingerprint density at radius 1 is 1.17 bits per heavy atom. The van der Waals surface area contributed by atoms with Crippen molar-refractivity contribution in [2.45, 2.75) is 45.1 Å². The van der Waals surface area contributed by atoms with Crippen molar-refractivity contribution in [1.29, 1.82) is 0 Å². The van der Waals surface area contributed by atoms with E-state index in [2.05, 4.69) is 4.72 Å². The Labute approximate surface area is 137 Å². The molecule has 0 aromatic heterocycles. The van der Waals surface area contributed by atoms with E-state index in [4.69, 9.17) is 4.74 Å². The first kappa shape index (κ1) is 19.3. The van der Waals surface area contributed by atoms with E-state index in [0.717, 1.165) is 5.56 Å². The lowest BCUT2D eigenvalue weighted by molar-refractivity contribution is -0.148. The van der Waals surface area contributed by atoms with Crippen molar-refractivity contribution in [2.75, 3.05) is 6.61 Å². The van der Waals surface area contributed by atoms with E-state index in [-0.39, 0.29) is 23.7 Å². The number of ether oxygens (including phenoxy) is 1. The van der Waals surface area contributed by atoms with E-state index >= 15 is 0 Å². The maximum atomic E-state index is 12.4. The van der Waals surface area contributed by atoms with Crippen LogP contribution in [0.1, 0.15) is 32.8 Å². The SMILES string of the molecule is CCOC(=O)[C@@H](NS(=O)(=O)c1ccc(C)cc1)[C@@H](C)C(=O)CC. The van der Waals surface area contributed by atoms with E-state index in [1.165, 1.54) is 19.1 Å². The fraction of sp³-hybridized carbons (Fsp3) is 0.500. The molecule has 0 aliphatic heterocycles. The molecule has 128 valence electrons. The third-order valence-electron chi connectivity index (χ3n) is 3.51. The van der Waals surface area contributed by atoms with Crippen molar-refractivity contribution in [2.24, 2.45) is 5.92 Å². The summed E-state index contributed by atoms with van der Waals surface area (Å²) in [6, 6.07) is 4.98. The summed E-state index contributed by atoms with van der Waals surface area (Å²) in [5, 5.41) is 0. The molecular formula is C16H23NO5S. The van der Waals surface area contributed by atoms with Gasteiger partial charge in [0.15, 0.2) is 0 Å². The molecule has 0 radical (unpaired) electrons. The summed E-state index contributed by atoms with van der Waals surface area (Å²) < 4.78 is 32.1. The molecule has 0 bridgehead atoms. The van der Waals surface area contributed by atoms with Gasteiger partial charge in [-0.1, -0.05) is 31.5 Å². The number of nitrogens with one attached hydrogen (secondary N) is 1. The molecule has 7 heteroatoms. The van der Waals surface area contributed by atoms with Crippen molar-refractivity contribution in [3.8, 4) is 0 Å². The van der Waals surface area contributed by atoms with Crippen LogP contribution >= 0.6 is 0 Å². The Bertz CT molecular complexity index is 652. The standard InChI is InChI=1S/C16H23NO5S/c1-5-14(18)12(4)15(16(19)22-6-2)17-23(20,21)13-9-7-11(3)8-10-13/h7-10,12,15,17H,5-6H2,1-4H3/t12-,15-/m0/s1. The van der Waals surface area contributed by atoms with Gasteiger partial charge in [-0.05, 0) is 26.0 Å². The Morgan fingerprint density at radius 3 is 2.22 bits per heavy atom. The summed E-state index contributed by atoms with van der Waals surface area (Å²) in [5.41, 5.74) is 0.917. The van der Waals surface area contributed by atoms with Crippen LogP contribution in [0.15, 0.2) is 29.2 Å². The van der Waals surface area contributed by atoms with Gasteiger partial charge in [0.25, 0.3) is 0 Å². The van der Waals surface area contributed by atoms with Gasteiger partial charge in [0.05, 0.1) is 11.5 Å². The lowest BCUT2D eigenvalue weighted by Crippen LogP contribution is -2.48. The number of carbonyl (C=O) groups excluding carboxylic acids is 2. The number of carbonyl (C=O) groups is 2. The predicted octanol–water partition coefficient (Wildman–Crippen LogP) is 1.82. The second kappa shape index (κ2) is 8.21. The lowest BCUT2D eigenvalue weighted by Gasteiger charge is -2.22. The van der Waals surface area contributed by atoms with Gasteiger partial charge in [0.2, 0.25) is 10.0 Å². The van der Waals surface area contributed by atoms with E-state index in [0.29, 0.717) is 0 Å². The lowest BCUT2D eigenvalue weighted by atomic mass is 9.96. The van der Waals surface area contributed by atoms with Gasteiger partial charge in [0.1, 0.15) is 11.8 Å². The molecule has 0 saturated heterocycles. The Kier molecular flexibility index (Phi) is 6.90. The van der Waals surface area contributed by atoms with Gasteiger partial charge in [-0.25, -0.2) is 8.42 Å². The maximum Gasteiger partial charge on any atom is 0.324 e. The van der Waals surface area contributed by atoms with Crippen LogP contribution in [0, 0.1) is 12.8 Å². The summed E-state index contributed by atoms with van der Waals surface area (Å²) >= 11 is 0. The Morgan fingerprint density at radius 2 is 1.74 bits per heavy atom. The molecule has 0 aliphatic rings. The number of benzene rings is 1. The van der Waals surface area contributed by atoms with Crippen molar-refractivity contribution < 1.29 is 22.7 Å². The third-order valence-corrected chi connectivity index (χ3v) is 4.97. The molecule has 0 spiro atoms. The molecule has 0 fully saturated rings. The summed E-state index contributed by atoms with van der Waals surface area (Å²) in [6.45, 7) is 6.75. The number of hydrogen-bond donors (Lipinski definition) is 1. The molecular weight excluding hydrogens is 318 g/mol. The molecule has 0 amide bonds. The van der Waals surface area contributed by atoms with Gasteiger partial charge < -0.3 is 4.74 Å². The van der Waals surface area contributed by atoms with E-state index in [1.807, 2.05) is 6.92 Å². The minimum absolute atomic E-state index is 0.0357. The largest absolute Gasteiger partial charge is 0.465 e. The molecule has 0 unspecified atom stereocenters. The van der Waals surface area contributed by atoms with Crippen molar-refractivity contribution in [3.05, 3.63) is 29.8 Å². The highest BCUT2D eigenvalue weighted by Gasteiger charge is 2.34. The zero-order valence-corrected chi connectivity index (χ0v) is 14.6. The van der Waals surface area contributed by atoms with E-state index in [9.17, 15) is 18.0 Å². The fourth-order valence-corrected chi connectivity index (χ4v) is 3.31. The van der Waals surface area contributed by atoms with Gasteiger partial charge in [-0.2, -0.15) is 4.72 Å². The zero-order chi connectivity index (χ0) is 17.6. The molecule has 1 aromatic rings. The van der Waals surface area contributed by atoms with Gasteiger partial charge in [0, 0.05) is 12.3 Å². The third kappa shape index (κ3) is 5.14. The fourth-order valence-electron chi connectivity index (χ4n) is 2.05. The maximum absolute atomic E-state index is 12.4. The molecule has 0 heterocycles. The highest BCUT2D eigenvalue weighted by Crippen LogP contribution is 2.15. The second-order valence-electron chi connectivity index (χ2n) is 5.27. The summed E-state index contributed by atoms with van der Waals surface area (Å²) in [4.78, 5) is 24.0. The summed E-state index contributed by atoms with van der Waals surface area (Å²) in [6.07, 6.45) is 0.212. The van der Waals surface area contributed by atoms with E-state index in [1.54, 1.807) is 26.0 Å². The molecule has 2 atom stereocenters. The monoisotopic (exact) mass is 341 g/mol. The quantitative estimate of drug-likeness (QED) is 0.729. The van der Waals surface area contributed by atoms with Crippen LogP contribution in [0.2, 0.25) is 0 Å². The van der Waals surface area contributed by atoms with Crippen molar-refractivity contribution in [3.63, 3.8) is 0 Å². The van der Waals surface area contributed by atoms with E-state index < -0.39 is 28.0 Å². The Balaban J connectivity index is 3.10. The minimum atomic E-state index is -3.93. The van der Waals surface area contributed by atoms with Crippen LogP contribution < -0.4 is 4.72 Å². The molecule has 0 aliphatic carbocycles. The summed E-state index contributed by atoms with van der Waals surface area (Å²) in [7, 11) is -3.93.